The Balaban J connectivity index is 2.54. The fraction of sp³-hybridized carbons (Fsp3) is 0.444. The van der Waals surface area contributed by atoms with Crippen LogP contribution in [0.15, 0.2) is 41.2 Å². The molecule has 0 aliphatic carbocycles. The molecule has 2 aromatic rings. The predicted molar refractivity (Wildman–Crippen MR) is 89.9 cm³/mol. The van der Waals surface area contributed by atoms with E-state index in [2.05, 4.69) is 32.8 Å². The first kappa shape index (κ1) is 16.4. The lowest BCUT2D eigenvalue weighted by Crippen LogP contribution is -2.32. The van der Waals surface area contributed by atoms with Crippen molar-refractivity contribution < 1.29 is 0 Å². The highest BCUT2D eigenvalue weighted by atomic mass is 16.1. The van der Waals surface area contributed by atoms with Crippen molar-refractivity contribution in [1.29, 1.82) is 0 Å². The summed E-state index contributed by atoms with van der Waals surface area (Å²) in [5, 5.41) is 4.50. The summed E-state index contributed by atoms with van der Waals surface area (Å²) in [5.41, 5.74) is 8.72. The molecule has 0 aliphatic rings. The molecule has 0 fully saturated rings. The minimum absolute atomic E-state index is 0.0885. The van der Waals surface area contributed by atoms with Crippen LogP contribution in [0, 0.1) is 5.92 Å². The number of benzene rings is 1. The van der Waals surface area contributed by atoms with E-state index in [0.717, 1.165) is 11.3 Å². The van der Waals surface area contributed by atoms with Crippen molar-refractivity contribution in [3.63, 3.8) is 0 Å². The van der Waals surface area contributed by atoms with E-state index in [-0.39, 0.29) is 11.5 Å². The predicted octanol–water partition coefficient (Wildman–Crippen LogP) is 3.07. The van der Waals surface area contributed by atoms with E-state index in [4.69, 9.17) is 5.73 Å². The highest BCUT2D eigenvalue weighted by Crippen LogP contribution is 2.19. The van der Waals surface area contributed by atoms with Crippen LogP contribution in [0.25, 0.3) is 0 Å². The molecule has 4 nitrogen and oxygen atoms in total. The lowest BCUT2D eigenvalue weighted by atomic mass is 9.99. The molecule has 1 unspecified atom stereocenters. The number of nitrogens with zero attached hydrogens (tertiary/aromatic N) is 2. The zero-order chi connectivity index (χ0) is 16.3. The van der Waals surface area contributed by atoms with Crippen molar-refractivity contribution in [2.24, 2.45) is 11.7 Å². The first-order chi connectivity index (χ1) is 10.4. The molecule has 0 saturated carbocycles. The smallest absolute Gasteiger partial charge is 0.271 e. The standard InChI is InChI=1S/C18H25N3O/c1-12(2)11-21-18(22)15(10-16(20-21)13(3)4)17(19)14-8-6-5-7-9-14/h5-10,12-13,17H,11,19H2,1-4H3. The second kappa shape index (κ2) is 6.88. The van der Waals surface area contributed by atoms with Gasteiger partial charge in [-0.05, 0) is 23.5 Å². The number of hydrogen-bond donors (Lipinski definition) is 1. The van der Waals surface area contributed by atoms with Gasteiger partial charge in [0.05, 0.1) is 11.7 Å². The molecule has 1 atom stereocenters. The molecule has 2 rings (SSSR count). The third-order valence-electron chi connectivity index (χ3n) is 3.64. The molecule has 0 radical (unpaired) electrons. The Bertz CT molecular complexity index is 674. The van der Waals surface area contributed by atoms with E-state index in [1.54, 1.807) is 4.68 Å². The van der Waals surface area contributed by atoms with E-state index in [1.807, 2.05) is 36.4 Å². The molecule has 2 N–H and O–H groups in total. The molecular weight excluding hydrogens is 274 g/mol. The summed E-state index contributed by atoms with van der Waals surface area (Å²) in [6.45, 7) is 8.91. The van der Waals surface area contributed by atoms with Gasteiger partial charge in [-0.2, -0.15) is 5.10 Å². The molecule has 0 amide bonds. The molecule has 1 aromatic carbocycles. The summed E-state index contributed by atoms with van der Waals surface area (Å²) >= 11 is 0. The number of rotatable bonds is 5. The SMILES string of the molecule is CC(C)Cn1nc(C(C)C)cc(C(N)c2ccccc2)c1=O. The minimum Gasteiger partial charge on any atom is -0.320 e. The first-order valence-corrected chi connectivity index (χ1v) is 7.82. The van der Waals surface area contributed by atoms with E-state index in [1.165, 1.54) is 0 Å². The summed E-state index contributed by atoms with van der Waals surface area (Å²) in [6.07, 6.45) is 0. The lowest BCUT2D eigenvalue weighted by molar-refractivity contribution is 0.450. The van der Waals surface area contributed by atoms with Gasteiger partial charge >= 0.3 is 0 Å². The van der Waals surface area contributed by atoms with Crippen LogP contribution in [-0.4, -0.2) is 9.78 Å². The van der Waals surface area contributed by atoms with Crippen molar-refractivity contribution in [2.75, 3.05) is 0 Å². The van der Waals surface area contributed by atoms with Crippen molar-refractivity contribution in [3.8, 4) is 0 Å². The van der Waals surface area contributed by atoms with Crippen LogP contribution in [0.1, 0.15) is 56.5 Å². The van der Waals surface area contributed by atoms with Gasteiger partial charge in [0.2, 0.25) is 0 Å². The lowest BCUT2D eigenvalue weighted by Gasteiger charge is -2.17. The summed E-state index contributed by atoms with van der Waals surface area (Å²) in [4.78, 5) is 12.7. The number of hydrogen-bond acceptors (Lipinski definition) is 3. The Kier molecular flexibility index (Phi) is 5.14. The van der Waals surface area contributed by atoms with Crippen LogP contribution in [0.4, 0.5) is 0 Å². The Hall–Kier alpha value is -1.94. The van der Waals surface area contributed by atoms with Crippen LogP contribution < -0.4 is 11.3 Å². The van der Waals surface area contributed by atoms with E-state index in [0.29, 0.717) is 18.0 Å². The second-order valence-electron chi connectivity index (χ2n) is 6.45. The van der Waals surface area contributed by atoms with Crippen LogP contribution in [0.2, 0.25) is 0 Å². The summed E-state index contributed by atoms with van der Waals surface area (Å²) in [7, 11) is 0. The third kappa shape index (κ3) is 3.63. The monoisotopic (exact) mass is 299 g/mol. The van der Waals surface area contributed by atoms with Gasteiger partial charge in [-0.1, -0.05) is 58.0 Å². The molecule has 1 heterocycles. The van der Waals surface area contributed by atoms with Crippen LogP contribution in [0.5, 0.6) is 0 Å². The summed E-state index contributed by atoms with van der Waals surface area (Å²) in [5.74, 6) is 0.606. The highest BCUT2D eigenvalue weighted by molar-refractivity contribution is 5.30. The fourth-order valence-corrected chi connectivity index (χ4v) is 2.40. The van der Waals surface area contributed by atoms with Crippen LogP contribution in [0.3, 0.4) is 0 Å². The van der Waals surface area contributed by atoms with Crippen LogP contribution in [-0.2, 0) is 6.54 Å². The molecule has 22 heavy (non-hydrogen) atoms. The van der Waals surface area contributed by atoms with Gasteiger partial charge in [0.15, 0.2) is 0 Å². The Morgan fingerprint density at radius 3 is 2.32 bits per heavy atom. The fourth-order valence-electron chi connectivity index (χ4n) is 2.40. The quantitative estimate of drug-likeness (QED) is 0.923. The molecular formula is C18H25N3O. The van der Waals surface area contributed by atoms with Gasteiger partial charge in [0, 0.05) is 12.1 Å². The van der Waals surface area contributed by atoms with Gasteiger partial charge < -0.3 is 5.73 Å². The first-order valence-electron chi connectivity index (χ1n) is 7.82. The Morgan fingerprint density at radius 2 is 1.77 bits per heavy atom. The van der Waals surface area contributed by atoms with Gasteiger partial charge in [0.1, 0.15) is 0 Å². The normalized spacial score (nSPS) is 12.9. The van der Waals surface area contributed by atoms with Gasteiger partial charge in [-0.25, -0.2) is 4.68 Å². The maximum absolute atomic E-state index is 12.7. The van der Waals surface area contributed by atoms with E-state index < -0.39 is 6.04 Å². The number of aromatic nitrogens is 2. The van der Waals surface area contributed by atoms with Gasteiger partial charge in [-0.3, -0.25) is 4.79 Å². The van der Waals surface area contributed by atoms with E-state index >= 15 is 0 Å². The average molecular weight is 299 g/mol. The highest BCUT2D eigenvalue weighted by Gasteiger charge is 2.18. The summed E-state index contributed by atoms with van der Waals surface area (Å²) < 4.78 is 1.57. The summed E-state index contributed by atoms with van der Waals surface area (Å²) in [6, 6.07) is 11.2. The molecule has 0 bridgehead atoms. The maximum Gasteiger partial charge on any atom is 0.271 e. The maximum atomic E-state index is 12.7. The molecule has 1 aromatic heterocycles. The molecule has 0 saturated heterocycles. The molecule has 0 aliphatic heterocycles. The Morgan fingerprint density at radius 1 is 1.14 bits per heavy atom. The molecule has 4 heteroatoms. The largest absolute Gasteiger partial charge is 0.320 e. The van der Waals surface area contributed by atoms with E-state index in [9.17, 15) is 4.79 Å². The van der Waals surface area contributed by atoms with Crippen molar-refractivity contribution in [3.05, 3.63) is 63.6 Å². The number of nitrogens with two attached hydrogens (primary N) is 1. The third-order valence-corrected chi connectivity index (χ3v) is 3.64. The van der Waals surface area contributed by atoms with Gasteiger partial charge in [0.25, 0.3) is 5.56 Å². The Labute approximate surface area is 132 Å². The molecule has 0 spiro atoms. The average Bonchev–Trinajstić information content (AvgIpc) is 2.49. The zero-order valence-electron chi connectivity index (χ0n) is 13.8. The molecule has 118 valence electrons. The zero-order valence-corrected chi connectivity index (χ0v) is 13.8. The van der Waals surface area contributed by atoms with Crippen molar-refractivity contribution in [2.45, 2.75) is 46.2 Å². The minimum atomic E-state index is -0.424. The van der Waals surface area contributed by atoms with Crippen LogP contribution >= 0.6 is 0 Å². The second-order valence-corrected chi connectivity index (χ2v) is 6.45. The van der Waals surface area contributed by atoms with Gasteiger partial charge in [-0.15, -0.1) is 0 Å². The van der Waals surface area contributed by atoms with Crippen molar-refractivity contribution in [1.82, 2.24) is 9.78 Å². The topological polar surface area (TPSA) is 60.9 Å². The van der Waals surface area contributed by atoms with Crippen molar-refractivity contribution >= 4 is 0 Å².